The van der Waals surface area contributed by atoms with Crippen molar-refractivity contribution in [2.45, 2.75) is 57.5 Å². The molecule has 1 saturated carbocycles. The number of benzene rings is 1. The van der Waals surface area contributed by atoms with Crippen molar-refractivity contribution in [1.82, 2.24) is 5.32 Å². The Hall–Kier alpha value is -1.35. The van der Waals surface area contributed by atoms with Gasteiger partial charge in [-0.15, -0.1) is 0 Å². The summed E-state index contributed by atoms with van der Waals surface area (Å²) in [4.78, 5) is 12.2. The quantitative estimate of drug-likeness (QED) is 0.867. The highest BCUT2D eigenvalue weighted by Gasteiger charge is 2.23. The lowest BCUT2D eigenvalue weighted by molar-refractivity contribution is -0.123. The van der Waals surface area contributed by atoms with Gasteiger partial charge in [-0.2, -0.15) is 0 Å². The molecule has 0 spiro atoms. The summed E-state index contributed by atoms with van der Waals surface area (Å²) < 4.78 is 0. The molecule has 0 bridgehead atoms. The lowest BCUT2D eigenvalue weighted by atomic mass is 9.84. The van der Waals surface area contributed by atoms with Crippen LogP contribution in [0.25, 0.3) is 0 Å². The van der Waals surface area contributed by atoms with Crippen LogP contribution in [0.1, 0.15) is 44.6 Å². The molecule has 0 aromatic heterocycles. The number of hydrogen-bond donors (Lipinski definition) is 2. The zero-order valence-corrected chi connectivity index (χ0v) is 12.3. The summed E-state index contributed by atoms with van der Waals surface area (Å²) in [5, 5.41) is 3.11. The van der Waals surface area contributed by atoms with Crippen molar-refractivity contribution in [2.24, 2.45) is 11.7 Å². The molecule has 20 heavy (non-hydrogen) atoms. The smallest absolute Gasteiger partial charge is 0.237 e. The number of nitrogens with one attached hydrogen (secondary N) is 1. The molecule has 1 amide bonds. The molecular weight excluding hydrogens is 248 g/mol. The van der Waals surface area contributed by atoms with E-state index in [4.69, 9.17) is 5.73 Å². The molecule has 1 aromatic carbocycles. The topological polar surface area (TPSA) is 55.1 Å². The summed E-state index contributed by atoms with van der Waals surface area (Å²) in [6.45, 7) is 2.11. The highest BCUT2D eigenvalue weighted by molar-refractivity contribution is 5.82. The molecule has 3 nitrogen and oxygen atoms in total. The molecule has 3 heteroatoms. The monoisotopic (exact) mass is 274 g/mol. The fourth-order valence-electron chi connectivity index (χ4n) is 3.04. The third-order valence-corrected chi connectivity index (χ3v) is 4.36. The van der Waals surface area contributed by atoms with E-state index in [9.17, 15) is 4.79 Å². The normalized spacial score (nSPS) is 19.3. The summed E-state index contributed by atoms with van der Waals surface area (Å²) in [6, 6.07) is 9.73. The van der Waals surface area contributed by atoms with E-state index in [1.807, 2.05) is 30.3 Å². The minimum atomic E-state index is -0.455. The molecule has 0 radical (unpaired) electrons. The average molecular weight is 274 g/mol. The number of nitrogens with two attached hydrogens (primary N) is 1. The minimum absolute atomic E-state index is 0.0214. The largest absolute Gasteiger partial charge is 0.352 e. The van der Waals surface area contributed by atoms with Crippen molar-refractivity contribution in [3.05, 3.63) is 35.9 Å². The molecule has 110 valence electrons. The Bertz CT molecular complexity index is 412. The zero-order chi connectivity index (χ0) is 14.4. The molecule has 1 unspecified atom stereocenters. The van der Waals surface area contributed by atoms with Crippen LogP contribution < -0.4 is 11.1 Å². The maximum atomic E-state index is 12.2. The van der Waals surface area contributed by atoms with E-state index in [0.717, 1.165) is 5.56 Å². The molecule has 0 aliphatic heterocycles. The van der Waals surface area contributed by atoms with Gasteiger partial charge in [0, 0.05) is 6.04 Å². The molecule has 3 N–H and O–H groups in total. The predicted octanol–water partition coefficient (Wildman–Crippen LogP) is 2.64. The molecule has 0 saturated heterocycles. The Morgan fingerprint density at radius 1 is 1.25 bits per heavy atom. The standard InChI is InChI=1S/C17H26N2O/c1-13(15-10-6-3-7-11-15)19-17(20)16(18)12-14-8-4-2-5-9-14/h2,4-5,8-9,13,15-16H,3,6-7,10-12,18H2,1H3,(H,19,20)/t13?,16-/m1/s1. The SMILES string of the molecule is CC(NC(=O)[C@H](N)Cc1ccccc1)C1CCCCC1. The Labute approximate surface area is 121 Å². The lowest BCUT2D eigenvalue weighted by Gasteiger charge is -2.29. The first kappa shape index (κ1) is 15.0. The minimum Gasteiger partial charge on any atom is -0.352 e. The van der Waals surface area contributed by atoms with Crippen molar-refractivity contribution < 1.29 is 4.79 Å². The molecule has 2 atom stereocenters. The lowest BCUT2D eigenvalue weighted by Crippen LogP contribution is -2.48. The van der Waals surface area contributed by atoms with E-state index >= 15 is 0 Å². The molecule has 1 aromatic rings. The Morgan fingerprint density at radius 3 is 2.55 bits per heavy atom. The van der Waals surface area contributed by atoms with Crippen LogP contribution in [0.3, 0.4) is 0 Å². The van der Waals surface area contributed by atoms with Gasteiger partial charge in [-0.1, -0.05) is 49.6 Å². The third kappa shape index (κ3) is 4.34. The first-order valence-corrected chi connectivity index (χ1v) is 7.76. The molecule has 0 heterocycles. The second kappa shape index (κ2) is 7.44. The summed E-state index contributed by atoms with van der Waals surface area (Å²) >= 11 is 0. The maximum absolute atomic E-state index is 12.2. The van der Waals surface area contributed by atoms with Crippen molar-refractivity contribution in [3.8, 4) is 0 Å². The highest BCUT2D eigenvalue weighted by atomic mass is 16.2. The maximum Gasteiger partial charge on any atom is 0.237 e. The van der Waals surface area contributed by atoms with Crippen LogP contribution >= 0.6 is 0 Å². The second-order valence-electron chi connectivity index (χ2n) is 5.99. The Morgan fingerprint density at radius 2 is 1.90 bits per heavy atom. The van der Waals surface area contributed by atoms with Crippen molar-refractivity contribution >= 4 is 5.91 Å². The van der Waals surface area contributed by atoms with Gasteiger partial charge in [-0.05, 0) is 37.7 Å². The number of carbonyl (C=O) groups excluding carboxylic acids is 1. The first-order chi connectivity index (χ1) is 9.66. The van der Waals surface area contributed by atoms with Crippen LogP contribution in [0, 0.1) is 5.92 Å². The number of rotatable bonds is 5. The van der Waals surface area contributed by atoms with E-state index in [-0.39, 0.29) is 11.9 Å². The summed E-state index contributed by atoms with van der Waals surface area (Å²) in [7, 11) is 0. The van der Waals surface area contributed by atoms with Crippen molar-refractivity contribution in [2.75, 3.05) is 0 Å². The van der Waals surface area contributed by atoms with E-state index in [2.05, 4.69) is 12.2 Å². The fraction of sp³-hybridized carbons (Fsp3) is 0.588. The molecule has 1 aliphatic rings. The highest BCUT2D eigenvalue weighted by Crippen LogP contribution is 2.26. The van der Waals surface area contributed by atoms with Crippen molar-refractivity contribution in [1.29, 1.82) is 0 Å². The first-order valence-electron chi connectivity index (χ1n) is 7.76. The van der Waals surface area contributed by atoms with Crippen molar-refractivity contribution in [3.63, 3.8) is 0 Å². The molecule has 1 aliphatic carbocycles. The van der Waals surface area contributed by atoms with Gasteiger partial charge in [0.05, 0.1) is 6.04 Å². The number of amides is 1. The fourth-order valence-corrected chi connectivity index (χ4v) is 3.04. The van der Waals surface area contributed by atoms with E-state index in [1.54, 1.807) is 0 Å². The van der Waals surface area contributed by atoms with Crippen LogP contribution in [0.15, 0.2) is 30.3 Å². The summed E-state index contributed by atoms with van der Waals surface area (Å²) in [6.07, 6.45) is 6.99. The summed E-state index contributed by atoms with van der Waals surface area (Å²) in [5.74, 6) is 0.601. The van der Waals surface area contributed by atoms with Crippen LogP contribution in [-0.2, 0) is 11.2 Å². The van der Waals surface area contributed by atoms with Crippen LogP contribution in [0.2, 0.25) is 0 Å². The molecule has 2 rings (SSSR count). The Kier molecular flexibility index (Phi) is 5.60. The Balaban J connectivity index is 1.81. The van der Waals surface area contributed by atoms with Gasteiger partial charge >= 0.3 is 0 Å². The number of hydrogen-bond acceptors (Lipinski definition) is 2. The van der Waals surface area contributed by atoms with E-state index in [1.165, 1.54) is 32.1 Å². The van der Waals surface area contributed by atoms with Gasteiger partial charge in [0.15, 0.2) is 0 Å². The van der Waals surface area contributed by atoms with E-state index < -0.39 is 6.04 Å². The van der Waals surface area contributed by atoms with Gasteiger partial charge in [0.25, 0.3) is 0 Å². The zero-order valence-electron chi connectivity index (χ0n) is 12.3. The average Bonchev–Trinajstić information content (AvgIpc) is 2.49. The van der Waals surface area contributed by atoms with Gasteiger partial charge in [0.2, 0.25) is 5.91 Å². The number of carbonyl (C=O) groups is 1. The predicted molar refractivity (Wildman–Crippen MR) is 82.3 cm³/mol. The van der Waals surface area contributed by atoms with Crippen LogP contribution in [0.4, 0.5) is 0 Å². The second-order valence-corrected chi connectivity index (χ2v) is 5.99. The van der Waals surface area contributed by atoms with Crippen LogP contribution in [0.5, 0.6) is 0 Å². The van der Waals surface area contributed by atoms with Gasteiger partial charge in [0.1, 0.15) is 0 Å². The van der Waals surface area contributed by atoms with Gasteiger partial charge < -0.3 is 11.1 Å². The molecule has 1 fully saturated rings. The third-order valence-electron chi connectivity index (χ3n) is 4.36. The van der Waals surface area contributed by atoms with E-state index in [0.29, 0.717) is 12.3 Å². The van der Waals surface area contributed by atoms with Gasteiger partial charge in [-0.25, -0.2) is 0 Å². The van der Waals surface area contributed by atoms with Gasteiger partial charge in [-0.3, -0.25) is 4.79 Å². The van der Waals surface area contributed by atoms with Crippen LogP contribution in [-0.4, -0.2) is 18.0 Å². The molecular formula is C17H26N2O. The summed E-state index contributed by atoms with van der Waals surface area (Å²) in [5.41, 5.74) is 7.13.